The Morgan fingerprint density at radius 3 is 1.96 bits per heavy atom. The zero-order valence-corrected chi connectivity index (χ0v) is 16.1. The van der Waals surface area contributed by atoms with Gasteiger partial charge in [0.2, 0.25) is 0 Å². The zero-order valence-electron chi connectivity index (χ0n) is 15.3. The third kappa shape index (κ3) is 4.12. The summed E-state index contributed by atoms with van der Waals surface area (Å²) in [7, 11) is 2.20. The minimum Gasteiger partial charge on any atom is -0.304 e. The van der Waals surface area contributed by atoms with Gasteiger partial charge < -0.3 is 4.90 Å². The highest BCUT2D eigenvalue weighted by Gasteiger charge is 2.44. The second-order valence-electron chi connectivity index (χ2n) is 7.54. The normalized spacial score (nSPS) is 23.5. The van der Waals surface area contributed by atoms with E-state index < -0.39 is 0 Å². The van der Waals surface area contributed by atoms with E-state index in [0.717, 1.165) is 44.9 Å². The highest BCUT2D eigenvalue weighted by atomic mass is 32.2. The summed E-state index contributed by atoms with van der Waals surface area (Å²) in [6.07, 6.45) is 0.860. The van der Waals surface area contributed by atoms with Crippen molar-refractivity contribution in [3.63, 3.8) is 0 Å². The summed E-state index contributed by atoms with van der Waals surface area (Å²) < 4.78 is -0.146. The minimum absolute atomic E-state index is 0.146. The van der Waals surface area contributed by atoms with Gasteiger partial charge >= 0.3 is 0 Å². The lowest BCUT2D eigenvalue weighted by Crippen LogP contribution is -2.43. The van der Waals surface area contributed by atoms with E-state index >= 15 is 0 Å². The molecule has 0 spiro atoms. The average Bonchev–Trinajstić information content (AvgIpc) is 3.45. The van der Waals surface area contributed by atoms with Crippen LogP contribution in [0.15, 0.2) is 48.5 Å². The van der Waals surface area contributed by atoms with Crippen molar-refractivity contribution < 1.29 is 0 Å². The highest BCUT2D eigenvalue weighted by molar-refractivity contribution is 8.08. The molecular formula is C22H25N3S. The van der Waals surface area contributed by atoms with E-state index in [9.17, 15) is 5.26 Å². The largest absolute Gasteiger partial charge is 0.304 e. The number of benzene rings is 2. The van der Waals surface area contributed by atoms with Gasteiger partial charge in [0, 0.05) is 44.9 Å². The molecule has 1 atom stereocenters. The van der Waals surface area contributed by atoms with Crippen LogP contribution >= 0.6 is 11.8 Å². The summed E-state index contributed by atoms with van der Waals surface area (Å²) in [5, 5.41) is 9.23. The van der Waals surface area contributed by atoms with Crippen molar-refractivity contribution in [1.29, 1.82) is 5.26 Å². The second kappa shape index (κ2) is 7.44. The lowest BCUT2D eigenvalue weighted by atomic mass is 9.98. The Bertz CT molecular complexity index is 780. The monoisotopic (exact) mass is 363 g/mol. The van der Waals surface area contributed by atoms with Crippen molar-refractivity contribution in [3.8, 4) is 17.2 Å². The molecule has 0 radical (unpaired) electrons. The van der Waals surface area contributed by atoms with Gasteiger partial charge in [-0.2, -0.15) is 5.26 Å². The van der Waals surface area contributed by atoms with E-state index in [1.54, 1.807) is 11.8 Å². The lowest BCUT2D eigenvalue weighted by molar-refractivity contribution is 0.148. The second-order valence-corrected chi connectivity index (χ2v) is 8.90. The van der Waals surface area contributed by atoms with Gasteiger partial charge in [0.25, 0.3) is 0 Å². The number of nitriles is 1. The molecule has 0 saturated carbocycles. The molecule has 0 bridgehead atoms. The van der Waals surface area contributed by atoms with Gasteiger partial charge in [0.1, 0.15) is 4.75 Å². The Balaban J connectivity index is 1.38. The Morgan fingerprint density at radius 2 is 1.46 bits per heavy atom. The number of rotatable bonds is 5. The van der Waals surface area contributed by atoms with Crippen LogP contribution in [0.25, 0.3) is 11.1 Å². The lowest BCUT2D eigenvalue weighted by Gasteiger charge is -2.32. The van der Waals surface area contributed by atoms with E-state index in [1.165, 1.54) is 22.3 Å². The molecule has 2 aromatic rings. The predicted octanol–water partition coefficient (Wildman–Crippen LogP) is 3.65. The molecule has 0 aliphatic carbocycles. The summed E-state index contributed by atoms with van der Waals surface area (Å²) in [5.74, 6) is 0.972. The number of hydrogen-bond acceptors (Lipinski definition) is 4. The van der Waals surface area contributed by atoms with E-state index in [4.69, 9.17) is 0 Å². The van der Waals surface area contributed by atoms with E-state index in [-0.39, 0.29) is 4.75 Å². The zero-order chi connectivity index (χ0) is 18.0. The van der Waals surface area contributed by atoms with Gasteiger partial charge in [-0.15, -0.1) is 11.8 Å². The Hall–Kier alpha value is -1.80. The first-order valence-corrected chi connectivity index (χ1v) is 10.3. The summed E-state index contributed by atoms with van der Waals surface area (Å²) in [5.41, 5.74) is 5.15. The predicted molar refractivity (Wildman–Crippen MR) is 109 cm³/mol. The van der Waals surface area contributed by atoms with Crippen molar-refractivity contribution in [1.82, 2.24) is 9.80 Å². The molecule has 2 saturated heterocycles. The molecule has 0 unspecified atom stereocenters. The van der Waals surface area contributed by atoms with Crippen LogP contribution in [0.2, 0.25) is 0 Å². The molecule has 3 nitrogen and oxygen atoms in total. The van der Waals surface area contributed by atoms with Crippen LogP contribution in [0.5, 0.6) is 0 Å². The summed E-state index contributed by atoms with van der Waals surface area (Å²) >= 11 is 1.76. The first-order chi connectivity index (χ1) is 12.7. The third-order valence-electron chi connectivity index (χ3n) is 5.43. The van der Waals surface area contributed by atoms with E-state index in [0.29, 0.717) is 0 Å². The quantitative estimate of drug-likeness (QED) is 0.759. The molecule has 4 heteroatoms. The molecule has 2 aliphatic rings. The molecular weight excluding hydrogens is 338 g/mol. The molecule has 2 heterocycles. The van der Waals surface area contributed by atoms with Crippen molar-refractivity contribution in [2.24, 2.45) is 0 Å². The summed E-state index contributed by atoms with van der Waals surface area (Å²) in [4.78, 5) is 4.92. The van der Waals surface area contributed by atoms with Gasteiger partial charge in [-0.25, -0.2) is 0 Å². The van der Waals surface area contributed by atoms with Crippen LogP contribution in [0, 0.1) is 11.3 Å². The Morgan fingerprint density at radius 1 is 0.923 bits per heavy atom. The first-order valence-electron chi connectivity index (χ1n) is 9.30. The van der Waals surface area contributed by atoms with Crippen LogP contribution in [0.3, 0.4) is 0 Å². The van der Waals surface area contributed by atoms with Crippen LogP contribution < -0.4 is 0 Å². The van der Waals surface area contributed by atoms with Gasteiger partial charge in [0.05, 0.1) is 6.07 Å². The fourth-order valence-corrected chi connectivity index (χ4v) is 4.18. The fraction of sp³-hybridized carbons (Fsp3) is 0.409. The number of piperazine rings is 1. The summed E-state index contributed by atoms with van der Waals surface area (Å²) in [6, 6.07) is 20.1. The van der Waals surface area contributed by atoms with Crippen LogP contribution in [0.4, 0.5) is 0 Å². The maximum Gasteiger partial charge on any atom is 0.115 e. The maximum atomic E-state index is 9.23. The van der Waals surface area contributed by atoms with E-state index in [1.807, 2.05) is 0 Å². The summed E-state index contributed by atoms with van der Waals surface area (Å²) in [6.45, 7) is 5.68. The van der Waals surface area contributed by atoms with Gasteiger partial charge in [-0.1, -0.05) is 48.5 Å². The van der Waals surface area contributed by atoms with Crippen LogP contribution in [0.1, 0.15) is 11.1 Å². The van der Waals surface area contributed by atoms with Crippen molar-refractivity contribution in [3.05, 3.63) is 59.7 Å². The Kier molecular flexibility index (Phi) is 5.04. The molecule has 134 valence electrons. The topological polar surface area (TPSA) is 30.3 Å². The average molecular weight is 364 g/mol. The van der Waals surface area contributed by atoms with Crippen molar-refractivity contribution in [2.45, 2.75) is 17.7 Å². The first kappa shape index (κ1) is 17.6. The van der Waals surface area contributed by atoms with Gasteiger partial charge in [-0.05, 0) is 29.3 Å². The smallest absolute Gasteiger partial charge is 0.115 e. The number of nitrogens with zero attached hydrogens (tertiary/aromatic N) is 3. The third-order valence-corrected chi connectivity index (χ3v) is 6.65. The number of hydrogen-bond donors (Lipinski definition) is 0. The van der Waals surface area contributed by atoms with Crippen LogP contribution in [-0.4, -0.2) is 53.5 Å². The standard InChI is InChI=1S/C22H25N3S/c1-24-10-12-25(13-11-24)15-19-4-8-21(9-5-19)20-6-2-18(3-7-20)14-22(16-23)17-26-22/h2-9H,10-15,17H2,1H3/t22-/m0/s1. The molecule has 26 heavy (non-hydrogen) atoms. The Labute approximate surface area is 160 Å². The van der Waals surface area contributed by atoms with Crippen molar-refractivity contribution in [2.75, 3.05) is 39.0 Å². The molecule has 0 N–H and O–H groups in total. The van der Waals surface area contributed by atoms with Gasteiger partial charge in [-0.3, -0.25) is 4.90 Å². The molecule has 2 fully saturated rings. The van der Waals surface area contributed by atoms with E-state index in [2.05, 4.69) is 71.4 Å². The van der Waals surface area contributed by atoms with Gasteiger partial charge in [0.15, 0.2) is 0 Å². The maximum absolute atomic E-state index is 9.23. The number of thioether (sulfide) groups is 1. The molecule has 2 aliphatic heterocycles. The molecule has 2 aromatic carbocycles. The highest BCUT2D eigenvalue weighted by Crippen LogP contribution is 2.46. The SMILES string of the molecule is CN1CCN(Cc2ccc(-c3ccc(C[C@]4(C#N)CS4)cc3)cc2)CC1. The molecule has 4 rings (SSSR count). The minimum atomic E-state index is -0.146. The van der Waals surface area contributed by atoms with Crippen molar-refractivity contribution >= 4 is 11.8 Å². The molecule has 0 amide bonds. The van der Waals surface area contributed by atoms with Crippen LogP contribution in [-0.2, 0) is 13.0 Å². The molecule has 0 aromatic heterocycles. The fourth-order valence-electron chi connectivity index (χ4n) is 3.50. The number of likely N-dealkylation sites (N-methyl/N-ethyl adjacent to an activating group) is 1.